The molecule has 6 aliphatic rings. The largest absolute Gasteiger partial charge is 0.377 e. The van der Waals surface area contributed by atoms with E-state index in [0.29, 0.717) is 71.4 Å². The van der Waals surface area contributed by atoms with Gasteiger partial charge in [-0.05, 0) is 64.2 Å². The molecule has 0 spiro atoms. The molecular formula is C36H42Ar4N4O7. The summed E-state index contributed by atoms with van der Waals surface area (Å²) >= 11 is 0. The molecule has 0 fully saturated rings. The van der Waals surface area contributed by atoms with Gasteiger partial charge in [0.1, 0.15) is 0 Å². The van der Waals surface area contributed by atoms with E-state index in [2.05, 4.69) is 13.2 Å². The van der Waals surface area contributed by atoms with Gasteiger partial charge in [-0.1, -0.05) is 32.7 Å². The van der Waals surface area contributed by atoms with Gasteiger partial charge in [0.15, 0.2) is 6.29 Å². The summed E-state index contributed by atoms with van der Waals surface area (Å²) < 4.78 is 16.7. The van der Waals surface area contributed by atoms with Gasteiger partial charge in [-0.3, -0.25) is 29.0 Å². The summed E-state index contributed by atoms with van der Waals surface area (Å²) in [7, 11) is 0. The van der Waals surface area contributed by atoms with Crippen LogP contribution in [0.15, 0.2) is 119 Å². The third-order valence-electron chi connectivity index (χ3n) is 7.92. The standard InChI is InChI=1S/C21H30N2O5.C14H8N2O2.CH4.4Ar/c1-7-15-18-19(20(24)22(15)12-14(6)26-9-3)16(8-2)23(21(18)25)13-17(27-10-4)28-11-5;17-13-11-9-5-1-3-7-15(9)14(18)12(11)10-6-2-4-8-16(10)13;;;;;/h7-8,14,17H,1-2,9-13H2,3-6H3;1-8H;1H4;;;;. The van der Waals surface area contributed by atoms with Crippen molar-refractivity contribution in [3.05, 3.63) is 119 Å². The fourth-order valence-electron chi connectivity index (χ4n) is 6.08. The first-order valence-electron chi connectivity index (χ1n) is 15.3. The van der Waals surface area contributed by atoms with E-state index in [-0.39, 0.29) is 195 Å². The summed E-state index contributed by atoms with van der Waals surface area (Å²) in [6.07, 6.45) is 16.5. The molecular weight excluding hydrogens is 760 g/mol. The summed E-state index contributed by atoms with van der Waals surface area (Å²) in [5.74, 6) is -0.784. The summed E-state index contributed by atoms with van der Waals surface area (Å²) in [5.41, 5.74) is 4.04. The molecule has 0 radical (unpaired) electrons. The summed E-state index contributed by atoms with van der Waals surface area (Å²) in [5, 5.41) is 0. The minimum absolute atomic E-state index is 0. The van der Waals surface area contributed by atoms with Crippen molar-refractivity contribution in [2.45, 2.75) is 47.5 Å². The maximum Gasteiger partial charge on any atom is 0.265 e. The molecule has 0 aromatic carbocycles. The zero-order valence-corrected chi connectivity index (χ0v) is 30.8. The predicted octanol–water partition coefficient (Wildman–Crippen LogP) is 4.36. The van der Waals surface area contributed by atoms with Crippen molar-refractivity contribution in [1.82, 2.24) is 19.6 Å². The van der Waals surface area contributed by atoms with E-state index in [0.717, 1.165) is 0 Å². The Bertz CT molecular complexity index is 1590. The number of carbonyl (C=O) groups is 4. The number of fused-ring (bicyclic) bond motifs is 4. The molecule has 0 N–H and O–H groups in total. The Balaban J connectivity index is 0.000000949. The molecule has 4 amide bonds. The average molecular weight is 803 g/mol. The number of amides is 4. The zero-order valence-electron chi connectivity index (χ0n) is 27.9. The second-order valence-corrected chi connectivity index (χ2v) is 10.6. The Morgan fingerprint density at radius 3 is 1.37 bits per heavy atom. The Hall–Kier alpha value is 0.199. The first kappa shape index (κ1) is 51.2. The first-order chi connectivity index (χ1) is 22.2. The van der Waals surface area contributed by atoms with Crippen molar-refractivity contribution >= 4 is 23.6 Å². The van der Waals surface area contributed by atoms with Gasteiger partial charge in [0.05, 0.1) is 64.3 Å². The van der Waals surface area contributed by atoms with Crippen molar-refractivity contribution in [1.29, 1.82) is 0 Å². The van der Waals surface area contributed by atoms with Crippen LogP contribution in [0.1, 0.15) is 35.1 Å². The van der Waals surface area contributed by atoms with Gasteiger partial charge in [-0.2, -0.15) is 0 Å². The van der Waals surface area contributed by atoms with E-state index >= 15 is 0 Å². The van der Waals surface area contributed by atoms with Crippen LogP contribution in [-0.4, -0.2) is 88.5 Å². The normalized spacial score (nSPS) is 18.1. The smallest absolute Gasteiger partial charge is 0.265 e. The van der Waals surface area contributed by atoms with Crippen LogP contribution in [-0.2, 0) is 33.4 Å². The van der Waals surface area contributed by atoms with E-state index in [1.165, 1.54) is 20.8 Å². The number of rotatable bonds is 12. The maximum absolute atomic E-state index is 13.2. The SMILES string of the molecule is C.C=CC1=C2C(=O)N(CC(OCC)OCC)C(C=C)=C2C(=O)N1CC(C)OCC.O=C1C2=C3C=CC=CN3C(=O)C2=C2C=CC=CN12.[Ar].[Ar].[Ar].[Ar]. The molecule has 280 valence electrons. The van der Waals surface area contributed by atoms with Crippen LogP contribution < -0.4 is 0 Å². The molecule has 6 rings (SSSR count). The third-order valence-corrected chi connectivity index (χ3v) is 7.92. The van der Waals surface area contributed by atoms with Gasteiger partial charge >= 0.3 is 0 Å². The van der Waals surface area contributed by atoms with E-state index in [9.17, 15) is 19.2 Å². The van der Waals surface area contributed by atoms with Gasteiger partial charge in [0.2, 0.25) is 0 Å². The second kappa shape index (κ2) is 23.3. The minimum Gasteiger partial charge on any atom is -0.377 e. The quantitative estimate of drug-likeness (QED) is 0.270. The molecule has 6 aliphatic heterocycles. The number of hydrogen-bond acceptors (Lipinski definition) is 7. The Morgan fingerprint density at radius 2 is 1.00 bits per heavy atom. The van der Waals surface area contributed by atoms with Crippen LogP contribution in [0.4, 0.5) is 0 Å². The van der Waals surface area contributed by atoms with Crippen LogP contribution in [0.3, 0.4) is 0 Å². The van der Waals surface area contributed by atoms with Crippen molar-refractivity contribution in [3.63, 3.8) is 0 Å². The third kappa shape index (κ3) is 10.1. The van der Waals surface area contributed by atoms with E-state index in [1.807, 2.05) is 39.8 Å². The molecule has 6 heterocycles. The minimum atomic E-state index is -0.578. The molecule has 15 heteroatoms. The average Bonchev–Trinajstić information content (AvgIpc) is 3.71. The van der Waals surface area contributed by atoms with Crippen LogP contribution in [0.5, 0.6) is 0 Å². The molecule has 51 heavy (non-hydrogen) atoms. The topological polar surface area (TPSA) is 109 Å². The fraction of sp³-hybridized carbons (Fsp3) is 0.333. The van der Waals surface area contributed by atoms with Gasteiger partial charge < -0.3 is 24.0 Å². The number of hydrogen-bond donors (Lipinski definition) is 0. The number of carbonyl (C=O) groups excluding carboxylic acids is 4. The molecule has 1 unspecified atom stereocenters. The summed E-state index contributed by atoms with van der Waals surface area (Å²) in [6, 6.07) is 0. The van der Waals surface area contributed by atoms with Crippen LogP contribution in [0, 0.1) is 151 Å². The predicted molar refractivity (Wildman–Crippen MR) is 177 cm³/mol. The van der Waals surface area contributed by atoms with E-state index < -0.39 is 6.29 Å². The molecule has 0 aromatic heterocycles. The molecule has 1 atom stereocenters. The van der Waals surface area contributed by atoms with Gasteiger partial charge in [-0.15, -0.1) is 0 Å². The second-order valence-electron chi connectivity index (χ2n) is 10.6. The number of nitrogens with zero attached hydrogens (tertiary/aromatic N) is 4. The summed E-state index contributed by atoms with van der Waals surface area (Å²) in [4.78, 5) is 57.1. The molecule has 0 saturated heterocycles. The van der Waals surface area contributed by atoms with E-state index in [4.69, 9.17) is 14.2 Å². The van der Waals surface area contributed by atoms with Crippen molar-refractivity contribution in [3.8, 4) is 0 Å². The number of ether oxygens (including phenoxy) is 3. The maximum atomic E-state index is 13.2. The van der Waals surface area contributed by atoms with E-state index in [1.54, 1.807) is 47.7 Å². The van der Waals surface area contributed by atoms with Gasteiger partial charge in [-0.25, -0.2) is 0 Å². The van der Waals surface area contributed by atoms with Crippen LogP contribution in [0.25, 0.3) is 0 Å². The summed E-state index contributed by atoms with van der Waals surface area (Å²) in [6.45, 7) is 17.1. The van der Waals surface area contributed by atoms with Crippen molar-refractivity contribution < 1.29 is 184 Å². The first-order valence-corrected chi connectivity index (χ1v) is 15.3. The van der Waals surface area contributed by atoms with Gasteiger partial charge in [0, 0.05) is 183 Å². The monoisotopic (exact) mass is 802 g/mol. The Morgan fingerprint density at radius 1 is 0.608 bits per heavy atom. The zero-order chi connectivity index (χ0) is 33.1. The van der Waals surface area contributed by atoms with Gasteiger partial charge in [0.25, 0.3) is 23.6 Å². The molecule has 0 bridgehead atoms. The Labute approximate surface area is 420 Å². The van der Waals surface area contributed by atoms with Crippen LogP contribution >= 0.6 is 0 Å². The molecule has 11 nitrogen and oxygen atoms in total. The van der Waals surface area contributed by atoms with Crippen LogP contribution in [0.2, 0.25) is 0 Å². The molecule has 0 aromatic rings. The molecule has 0 aliphatic carbocycles. The number of allylic oxidation sites excluding steroid dienone is 8. The van der Waals surface area contributed by atoms with Crippen molar-refractivity contribution in [2.24, 2.45) is 0 Å². The molecule has 0 saturated carbocycles. The fourth-order valence-corrected chi connectivity index (χ4v) is 6.08. The van der Waals surface area contributed by atoms with Crippen molar-refractivity contribution in [2.75, 3.05) is 32.9 Å². The Kier molecular flexibility index (Phi) is 23.4.